The van der Waals surface area contributed by atoms with E-state index < -0.39 is 0 Å². The average Bonchev–Trinajstić information content (AvgIpc) is 3.08. The smallest absolute Gasteiger partial charge is 0.246 e. The van der Waals surface area contributed by atoms with Gasteiger partial charge in [0.15, 0.2) is 5.96 Å². The number of aryl methyl sites for hydroxylation is 1. The van der Waals surface area contributed by atoms with Crippen molar-refractivity contribution in [2.24, 2.45) is 12.0 Å². The molecule has 2 heterocycles. The zero-order valence-electron chi connectivity index (χ0n) is 16.8. The molecule has 2 rings (SSSR count). The lowest BCUT2D eigenvalue weighted by Gasteiger charge is -2.35. The molecule has 150 valence electrons. The van der Waals surface area contributed by atoms with Crippen LogP contribution in [-0.4, -0.2) is 83.2 Å². The highest BCUT2D eigenvalue weighted by Crippen LogP contribution is 2.16. The summed E-state index contributed by atoms with van der Waals surface area (Å²) >= 11 is 0. The van der Waals surface area contributed by atoms with Gasteiger partial charge in [0.05, 0.1) is 18.4 Å². The summed E-state index contributed by atoms with van der Waals surface area (Å²) in [6.07, 6.45) is 3.91. The number of piperazine rings is 1. The molecule has 0 saturated carbocycles. The van der Waals surface area contributed by atoms with E-state index in [0.717, 1.165) is 5.69 Å². The fourth-order valence-corrected chi connectivity index (χ4v) is 3.09. The van der Waals surface area contributed by atoms with Gasteiger partial charge in [-0.1, -0.05) is 0 Å². The highest BCUT2D eigenvalue weighted by atomic mass is 16.2. The molecular weight excluding hydrogens is 346 g/mol. The summed E-state index contributed by atoms with van der Waals surface area (Å²) < 4.78 is 1.69. The third-order valence-electron chi connectivity index (χ3n) is 4.56. The predicted molar refractivity (Wildman–Crippen MR) is 106 cm³/mol. The van der Waals surface area contributed by atoms with Gasteiger partial charge in [0.2, 0.25) is 11.8 Å². The minimum Gasteiger partial charge on any atom is -0.357 e. The molecule has 0 atom stereocenters. The standard InChI is InChI=1S/C18H31N7O2/c1-5-19-18(20-9-8-16(26)23(6-2)7-3)24-10-11-25(17(27)14-24)15-12-21-22(4)13-15/h12-13H,5-11,14H2,1-4H3,(H,19,20). The van der Waals surface area contributed by atoms with Gasteiger partial charge in [-0.25, -0.2) is 0 Å². The number of rotatable bonds is 7. The lowest BCUT2D eigenvalue weighted by molar-refractivity contribution is -0.130. The number of hydrogen-bond donors (Lipinski definition) is 1. The van der Waals surface area contributed by atoms with Crippen LogP contribution in [0.4, 0.5) is 5.69 Å². The van der Waals surface area contributed by atoms with Crippen molar-refractivity contribution in [2.45, 2.75) is 27.2 Å². The van der Waals surface area contributed by atoms with Crippen LogP contribution >= 0.6 is 0 Å². The Labute approximate surface area is 161 Å². The van der Waals surface area contributed by atoms with E-state index in [0.29, 0.717) is 51.6 Å². The molecule has 1 saturated heterocycles. The van der Waals surface area contributed by atoms with Gasteiger partial charge in [0.25, 0.3) is 0 Å². The van der Waals surface area contributed by atoms with Crippen LogP contribution in [0.3, 0.4) is 0 Å². The number of aromatic nitrogens is 2. The summed E-state index contributed by atoms with van der Waals surface area (Å²) in [6.45, 7) is 9.99. The van der Waals surface area contributed by atoms with Crippen molar-refractivity contribution in [3.05, 3.63) is 12.4 Å². The second-order valence-electron chi connectivity index (χ2n) is 6.39. The Bertz CT molecular complexity index is 666. The van der Waals surface area contributed by atoms with Crippen LogP contribution < -0.4 is 10.2 Å². The van der Waals surface area contributed by atoms with E-state index in [-0.39, 0.29) is 18.4 Å². The number of amides is 2. The molecule has 1 N–H and O–H groups in total. The molecule has 1 fully saturated rings. The van der Waals surface area contributed by atoms with Gasteiger partial charge in [-0.05, 0) is 20.8 Å². The molecule has 0 radical (unpaired) electrons. The summed E-state index contributed by atoms with van der Waals surface area (Å²) in [7, 11) is 1.83. The van der Waals surface area contributed by atoms with Crippen LogP contribution in [0.1, 0.15) is 27.2 Å². The molecule has 1 aliphatic rings. The summed E-state index contributed by atoms with van der Waals surface area (Å²) in [4.78, 5) is 34.8. The molecular formula is C18H31N7O2. The maximum atomic E-state index is 12.6. The summed E-state index contributed by atoms with van der Waals surface area (Å²) in [5.41, 5.74) is 0.814. The number of anilines is 1. The SMILES string of the molecule is CCNC(=NCCC(=O)N(CC)CC)N1CCN(c2cnn(C)c2)C(=O)C1. The first-order valence-corrected chi connectivity index (χ1v) is 9.60. The quantitative estimate of drug-likeness (QED) is 0.545. The normalized spacial score (nSPS) is 15.3. The Kier molecular flexibility index (Phi) is 7.63. The molecule has 0 aromatic carbocycles. The number of nitrogens with one attached hydrogen (secondary N) is 1. The summed E-state index contributed by atoms with van der Waals surface area (Å²) in [5.74, 6) is 0.806. The van der Waals surface area contributed by atoms with E-state index in [9.17, 15) is 9.59 Å². The van der Waals surface area contributed by atoms with Gasteiger partial charge in [-0.15, -0.1) is 0 Å². The molecule has 9 nitrogen and oxygen atoms in total. The van der Waals surface area contributed by atoms with E-state index in [4.69, 9.17) is 0 Å². The lowest BCUT2D eigenvalue weighted by Crippen LogP contribution is -2.55. The van der Waals surface area contributed by atoms with Gasteiger partial charge >= 0.3 is 0 Å². The minimum absolute atomic E-state index is 0.0130. The van der Waals surface area contributed by atoms with Crippen LogP contribution in [0.25, 0.3) is 0 Å². The van der Waals surface area contributed by atoms with Crippen molar-refractivity contribution in [1.29, 1.82) is 0 Å². The average molecular weight is 377 g/mol. The highest BCUT2D eigenvalue weighted by Gasteiger charge is 2.27. The molecule has 1 aliphatic heterocycles. The van der Waals surface area contributed by atoms with Crippen molar-refractivity contribution < 1.29 is 9.59 Å². The minimum atomic E-state index is 0.0130. The predicted octanol–water partition coefficient (Wildman–Crippen LogP) is 0.293. The maximum absolute atomic E-state index is 12.6. The van der Waals surface area contributed by atoms with E-state index in [1.54, 1.807) is 20.7 Å². The zero-order valence-corrected chi connectivity index (χ0v) is 16.8. The second-order valence-corrected chi connectivity index (χ2v) is 6.39. The molecule has 1 aromatic rings. The molecule has 0 bridgehead atoms. The van der Waals surface area contributed by atoms with Crippen molar-refractivity contribution in [3.63, 3.8) is 0 Å². The highest BCUT2D eigenvalue weighted by molar-refractivity contribution is 5.98. The van der Waals surface area contributed by atoms with Crippen LogP contribution in [-0.2, 0) is 16.6 Å². The first-order chi connectivity index (χ1) is 13.0. The Morgan fingerprint density at radius 1 is 1.30 bits per heavy atom. The Hall–Kier alpha value is -2.58. The van der Waals surface area contributed by atoms with Gasteiger partial charge in [0, 0.05) is 52.4 Å². The van der Waals surface area contributed by atoms with Crippen molar-refractivity contribution >= 4 is 23.5 Å². The van der Waals surface area contributed by atoms with Crippen LogP contribution in [0, 0.1) is 0 Å². The molecule has 9 heteroatoms. The number of nitrogens with zero attached hydrogens (tertiary/aromatic N) is 6. The van der Waals surface area contributed by atoms with Crippen molar-refractivity contribution in [2.75, 3.05) is 50.7 Å². The van der Waals surface area contributed by atoms with Crippen LogP contribution in [0.15, 0.2) is 17.4 Å². The summed E-state index contributed by atoms with van der Waals surface area (Å²) in [5, 5.41) is 7.36. The molecule has 0 spiro atoms. The second kappa shape index (κ2) is 9.94. The van der Waals surface area contributed by atoms with Gasteiger partial charge in [-0.3, -0.25) is 19.3 Å². The fraction of sp³-hybridized carbons (Fsp3) is 0.667. The first kappa shape index (κ1) is 20.7. The Morgan fingerprint density at radius 2 is 2.04 bits per heavy atom. The fourth-order valence-electron chi connectivity index (χ4n) is 3.09. The Morgan fingerprint density at radius 3 is 2.59 bits per heavy atom. The van der Waals surface area contributed by atoms with E-state index in [2.05, 4.69) is 15.4 Å². The third kappa shape index (κ3) is 5.45. The number of hydrogen-bond acceptors (Lipinski definition) is 4. The Balaban J connectivity index is 1.96. The van der Waals surface area contributed by atoms with Gasteiger partial charge in [-0.2, -0.15) is 5.10 Å². The molecule has 0 aliphatic carbocycles. The molecule has 0 unspecified atom stereocenters. The molecule has 1 aromatic heterocycles. The first-order valence-electron chi connectivity index (χ1n) is 9.60. The number of guanidine groups is 1. The number of carbonyl (C=O) groups excluding carboxylic acids is 2. The third-order valence-corrected chi connectivity index (χ3v) is 4.56. The van der Waals surface area contributed by atoms with E-state index >= 15 is 0 Å². The molecule has 2 amide bonds. The van der Waals surface area contributed by atoms with Crippen LogP contribution in [0.5, 0.6) is 0 Å². The van der Waals surface area contributed by atoms with Gasteiger partial charge in [0.1, 0.15) is 6.54 Å². The summed E-state index contributed by atoms with van der Waals surface area (Å²) in [6, 6.07) is 0. The largest absolute Gasteiger partial charge is 0.357 e. The number of carbonyl (C=O) groups is 2. The van der Waals surface area contributed by atoms with E-state index in [1.807, 2.05) is 38.9 Å². The van der Waals surface area contributed by atoms with Gasteiger partial charge < -0.3 is 20.0 Å². The van der Waals surface area contributed by atoms with E-state index in [1.165, 1.54) is 0 Å². The number of aliphatic imine (C=N–C) groups is 1. The molecule has 27 heavy (non-hydrogen) atoms. The monoisotopic (exact) mass is 377 g/mol. The van der Waals surface area contributed by atoms with Crippen molar-refractivity contribution in [3.8, 4) is 0 Å². The van der Waals surface area contributed by atoms with Crippen LogP contribution in [0.2, 0.25) is 0 Å². The van der Waals surface area contributed by atoms with Crippen molar-refractivity contribution in [1.82, 2.24) is 24.9 Å². The maximum Gasteiger partial charge on any atom is 0.246 e. The topological polar surface area (TPSA) is 86.1 Å². The zero-order chi connectivity index (χ0) is 19.8. The lowest BCUT2D eigenvalue weighted by atomic mass is 10.3.